The molecule has 1 aliphatic rings. The van der Waals surface area contributed by atoms with E-state index in [9.17, 15) is 24.9 Å². The number of phenolic OH excluding ortho intramolecular Hbond substituents is 2. The van der Waals surface area contributed by atoms with Crippen LogP contribution >= 0.6 is 11.8 Å². The summed E-state index contributed by atoms with van der Waals surface area (Å²) in [6.45, 7) is 0.605. The monoisotopic (exact) mass is 409 g/mol. The number of likely N-dealkylation sites (tertiary alicyclic amines) is 1. The number of aliphatic hydroxyl groups is 1. The van der Waals surface area contributed by atoms with Crippen molar-refractivity contribution in [3.8, 4) is 11.5 Å². The quantitative estimate of drug-likeness (QED) is 0.251. The van der Waals surface area contributed by atoms with Gasteiger partial charge in [-0.2, -0.15) is 11.8 Å². The predicted octanol–water partition coefficient (Wildman–Crippen LogP) is 2.15. The lowest BCUT2D eigenvalue weighted by Gasteiger charge is -2.22. The highest BCUT2D eigenvalue weighted by Gasteiger charge is 2.28. The Bertz CT molecular complexity index is 708. The van der Waals surface area contributed by atoms with E-state index in [1.807, 2.05) is 6.08 Å². The molecule has 154 valence electrons. The van der Waals surface area contributed by atoms with Gasteiger partial charge in [0.2, 0.25) is 5.91 Å². The van der Waals surface area contributed by atoms with Crippen molar-refractivity contribution in [1.82, 2.24) is 4.90 Å². The highest BCUT2D eigenvalue weighted by Crippen LogP contribution is 2.26. The Balaban J connectivity index is 1.79. The number of carboxylic acid groups (broad SMARTS) is 1. The number of benzene rings is 1. The van der Waals surface area contributed by atoms with E-state index in [-0.39, 0.29) is 29.9 Å². The number of carbonyl (C=O) groups is 2. The number of hydrogen-bond donors (Lipinski definition) is 4. The Morgan fingerprint density at radius 3 is 2.79 bits per heavy atom. The highest BCUT2D eigenvalue weighted by molar-refractivity contribution is 7.99. The second kappa shape index (κ2) is 11.0. The number of carboxylic acids is 1. The summed E-state index contributed by atoms with van der Waals surface area (Å²) in [6.07, 6.45) is 5.04. The molecule has 0 aromatic heterocycles. The van der Waals surface area contributed by atoms with Crippen LogP contribution in [-0.2, 0) is 16.0 Å². The highest BCUT2D eigenvalue weighted by atomic mass is 32.2. The first-order chi connectivity index (χ1) is 13.4. The van der Waals surface area contributed by atoms with Crippen LogP contribution < -0.4 is 0 Å². The fourth-order valence-corrected chi connectivity index (χ4v) is 3.98. The molecular weight excluding hydrogens is 382 g/mol. The van der Waals surface area contributed by atoms with Gasteiger partial charge in [0.25, 0.3) is 0 Å². The van der Waals surface area contributed by atoms with Crippen LogP contribution in [0.5, 0.6) is 11.5 Å². The maximum absolute atomic E-state index is 12.1. The van der Waals surface area contributed by atoms with Crippen molar-refractivity contribution in [3.05, 3.63) is 35.9 Å². The molecule has 1 aromatic rings. The molecule has 1 fully saturated rings. The Morgan fingerprint density at radius 1 is 1.29 bits per heavy atom. The van der Waals surface area contributed by atoms with Crippen LogP contribution in [0.15, 0.2) is 30.4 Å². The van der Waals surface area contributed by atoms with Crippen molar-refractivity contribution in [3.63, 3.8) is 0 Å². The minimum Gasteiger partial charge on any atom is -0.504 e. The lowest BCUT2D eigenvalue weighted by atomic mass is 10.1. The number of amides is 1. The molecule has 0 spiro atoms. The van der Waals surface area contributed by atoms with Crippen molar-refractivity contribution in [2.24, 2.45) is 0 Å². The Labute approximate surface area is 168 Å². The van der Waals surface area contributed by atoms with E-state index in [0.29, 0.717) is 37.8 Å². The summed E-state index contributed by atoms with van der Waals surface area (Å²) < 4.78 is 0. The van der Waals surface area contributed by atoms with Gasteiger partial charge in [0.1, 0.15) is 0 Å². The number of carbonyl (C=O) groups excluding carboxylic acids is 1. The second-order valence-electron chi connectivity index (χ2n) is 6.78. The van der Waals surface area contributed by atoms with Crippen molar-refractivity contribution in [2.75, 3.05) is 18.1 Å². The summed E-state index contributed by atoms with van der Waals surface area (Å²) in [5.41, 5.74) is 0.699. The van der Waals surface area contributed by atoms with Gasteiger partial charge in [-0.3, -0.25) is 9.59 Å². The van der Waals surface area contributed by atoms with Crippen LogP contribution in [0.25, 0.3) is 0 Å². The average Bonchev–Trinajstić information content (AvgIpc) is 2.99. The third kappa shape index (κ3) is 7.09. The van der Waals surface area contributed by atoms with Crippen LogP contribution in [0.3, 0.4) is 0 Å². The molecule has 1 heterocycles. The standard InChI is InChI=1S/C20H27NO6S/c22-16(12-14-3-7-17(23)18(24)13-14)6-4-15-5-8-19(25)21(15)9-11-28-10-1-2-20(26)27/h3-4,6-7,13,15-16,22-24H,1-2,5,8-12H2,(H,26,27)/b6-4+/t15-,16+/m0/s1. The van der Waals surface area contributed by atoms with Crippen molar-refractivity contribution >= 4 is 23.6 Å². The summed E-state index contributed by atoms with van der Waals surface area (Å²) in [5.74, 6) is 0.398. The molecule has 28 heavy (non-hydrogen) atoms. The van der Waals surface area contributed by atoms with Crippen LogP contribution in [0.4, 0.5) is 0 Å². The Morgan fingerprint density at radius 2 is 2.07 bits per heavy atom. The summed E-state index contributed by atoms with van der Waals surface area (Å²) in [6, 6.07) is 4.39. The molecule has 8 heteroatoms. The van der Waals surface area contributed by atoms with E-state index in [2.05, 4.69) is 0 Å². The van der Waals surface area contributed by atoms with Crippen LogP contribution in [-0.4, -0.2) is 67.4 Å². The number of phenols is 2. The zero-order valence-electron chi connectivity index (χ0n) is 15.7. The van der Waals surface area contributed by atoms with Gasteiger partial charge in [0.05, 0.1) is 12.1 Å². The van der Waals surface area contributed by atoms with Gasteiger partial charge in [-0.15, -0.1) is 0 Å². The first-order valence-electron chi connectivity index (χ1n) is 9.33. The van der Waals surface area contributed by atoms with Crippen LogP contribution in [0.2, 0.25) is 0 Å². The molecule has 0 radical (unpaired) electrons. The molecule has 4 N–H and O–H groups in total. The van der Waals surface area contributed by atoms with Gasteiger partial charge < -0.3 is 25.3 Å². The molecule has 1 amide bonds. The summed E-state index contributed by atoms with van der Waals surface area (Å²) in [4.78, 5) is 24.4. The second-order valence-corrected chi connectivity index (χ2v) is 8.01. The van der Waals surface area contributed by atoms with Gasteiger partial charge in [0, 0.05) is 31.6 Å². The van der Waals surface area contributed by atoms with Gasteiger partial charge in [-0.25, -0.2) is 0 Å². The summed E-state index contributed by atoms with van der Waals surface area (Å²) in [7, 11) is 0. The lowest BCUT2D eigenvalue weighted by Crippen LogP contribution is -2.34. The topological polar surface area (TPSA) is 118 Å². The number of hydrogen-bond acceptors (Lipinski definition) is 6. The zero-order chi connectivity index (χ0) is 20.5. The minimum atomic E-state index is -0.790. The van der Waals surface area contributed by atoms with Crippen LogP contribution in [0, 0.1) is 0 Å². The molecule has 0 aliphatic carbocycles. The maximum Gasteiger partial charge on any atom is 0.303 e. The molecule has 0 saturated carbocycles. The predicted molar refractivity (Wildman–Crippen MR) is 108 cm³/mol. The first kappa shape index (κ1) is 22.1. The van der Waals surface area contributed by atoms with E-state index in [1.165, 1.54) is 12.1 Å². The Hall–Kier alpha value is -2.19. The van der Waals surface area contributed by atoms with Gasteiger partial charge >= 0.3 is 5.97 Å². The van der Waals surface area contributed by atoms with Gasteiger partial charge in [-0.1, -0.05) is 18.2 Å². The molecule has 0 bridgehead atoms. The van der Waals surface area contributed by atoms with E-state index in [1.54, 1.807) is 28.8 Å². The number of nitrogens with zero attached hydrogens (tertiary/aromatic N) is 1. The normalized spacial score (nSPS) is 18.1. The number of aromatic hydroxyl groups is 2. The number of thioether (sulfide) groups is 1. The molecule has 1 aliphatic heterocycles. The molecule has 1 saturated heterocycles. The molecule has 0 unspecified atom stereocenters. The number of aliphatic hydroxyl groups excluding tert-OH is 1. The third-order valence-electron chi connectivity index (χ3n) is 4.57. The minimum absolute atomic E-state index is 0.0463. The van der Waals surface area contributed by atoms with Gasteiger partial charge in [-0.05, 0) is 36.3 Å². The summed E-state index contributed by atoms with van der Waals surface area (Å²) in [5, 5.41) is 37.7. The van der Waals surface area contributed by atoms with E-state index < -0.39 is 12.1 Å². The largest absolute Gasteiger partial charge is 0.504 e. The van der Waals surface area contributed by atoms with Crippen molar-refractivity contribution in [2.45, 2.75) is 44.2 Å². The first-order valence-corrected chi connectivity index (χ1v) is 10.5. The van der Waals surface area contributed by atoms with Gasteiger partial charge in [0.15, 0.2) is 11.5 Å². The third-order valence-corrected chi connectivity index (χ3v) is 5.62. The Kier molecular flexibility index (Phi) is 8.66. The molecular formula is C20H27NO6S. The SMILES string of the molecule is O=C(O)CCCSCCN1C(=O)CC[C@@H]1/C=C/[C@@H](O)Cc1ccc(O)c(O)c1. The van der Waals surface area contributed by atoms with E-state index >= 15 is 0 Å². The van der Waals surface area contributed by atoms with Crippen molar-refractivity contribution < 1.29 is 30.0 Å². The van der Waals surface area contributed by atoms with E-state index in [4.69, 9.17) is 5.11 Å². The van der Waals surface area contributed by atoms with Crippen molar-refractivity contribution in [1.29, 1.82) is 0 Å². The molecule has 7 nitrogen and oxygen atoms in total. The van der Waals surface area contributed by atoms with Crippen LogP contribution in [0.1, 0.15) is 31.2 Å². The zero-order valence-corrected chi connectivity index (χ0v) is 16.5. The van der Waals surface area contributed by atoms with E-state index in [0.717, 1.165) is 11.5 Å². The fraction of sp³-hybridized carbons (Fsp3) is 0.500. The fourth-order valence-electron chi connectivity index (χ4n) is 3.10. The number of aliphatic carboxylic acids is 1. The number of rotatable bonds is 11. The molecule has 2 atom stereocenters. The maximum atomic E-state index is 12.1. The molecule has 2 rings (SSSR count). The molecule has 1 aromatic carbocycles. The smallest absolute Gasteiger partial charge is 0.303 e. The summed E-state index contributed by atoms with van der Waals surface area (Å²) >= 11 is 1.64. The lowest BCUT2D eigenvalue weighted by molar-refractivity contribution is -0.137. The average molecular weight is 410 g/mol.